The van der Waals surface area contributed by atoms with Crippen LogP contribution in [-0.4, -0.2) is 66.6 Å². The summed E-state index contributed by atoms with van der Waals surface area (Å²) in [6.45, 7) is 4.63. The van der Waals surface area contributed by atoms with Crippen molar-refractivity contribution in [1.29, 1.82) is 21.0 Å². The first-order chi connectivity index (χ1) is 35.4. The van der Waals surface area contributed by atoms with Gasteiger partial charge in [0.05, 0.1) is 59.7 Å². The molecular weight excluding hydrogens is 992 g/mol. The zero-order valence-corrected chi connectivity index (χ0v) is 41.9. The zero-order valence-electron chi connectivity index (χ0n) is 40.4. The molecule has 74 heavy (non-hydrogen) atoms. The second-order valence-electron chi connectivity index (χ2n) is 17.4. The van der Waals surface area contributed by atoms with Gasteiger partial charge in [-0.2, -0.15) is 31.0 Å². The Morgan fingerprint density at radius 2 is 0.878 bits per heavy atom. The summed E-state index contributed by atoms with van der Waals surface area (Å²) >= 11 is 13.5. The average molecular weight is 1040 g/mol. The van der Waals surface area contributed by atoms with E-state index < -0.39 is 36.2 Å². The fourth-order valence-corrected chi connectivity index (χ4v) is 7.80. The monoisotopic (exact) mass is 1040 g/mol. The second kappa shape index (κ2) is 24.4. The number of hydrogen-bond acceptors (Lipinski definition) is 16. The molecule has 0 aliphatic heterocycles. The summed E-state index contributed by atoms with van der Waals surface area (Å²) in [5.74, 6) is -2.51. The van der Waals surface area contributed by atoms with Crippen LogP contribution in [0.3, 0.4) is 0 Å². The number of hydrogen-bond donors (Lipinski definition) is 6. The fraction of sp³-hybridized carbons (Fsp3) is 0.259. The Hall–Kier alpha value is -8.30. The molecule has 0 bridgehead atoms. The SMILES string of the molecule is Cc1c(COc2nc(OCc3cc(C#N)cc(C#N)c3)c(CN[C@@](C)(CO)C(=O)O)cc2Cl)cccc1-c1cccc(COc2nc(OCc3cc(C#N)cc(C#N)c3)c(CN[C@@](C)(CO)C(=O)O)cc2Cl)c1C. The lowest BCUT2D eigenvalue weighted by Crippen LogP contribution is -2.52. The van der Waals surface area contributed by atoms with Crippen molar-refractivity contribution in [2.75, 3.05) is 13.2 Å². The van der Waals surface area contributed by atoms with Gasteiger partial charge in [0.1, 0.15) is 47.6 Å². The molecule has 6 rings (SSSR count). The number of pyridine rings is 2. The van der Waals surface area contributed by atoms with Gasteiger partial charge in [-0.05, 0) is 121 Å². The smallest absolute Gasteiger partial charge is 0.326 e. The minimum Gasteiger partial charge on any atom is -0.480 e. The van der Waals surface area contributed by atoms with Crippen LogP contribution in [0.15, 0.2) is 84.9 Å². The standard InChI is InChI=1S/C54H48Cl2N8O10/c1-31-39(27-73-49-45(55)17-41(23-61-53(3,29-65)51(67)68)47(63-49)71-25-37-13-33(19-57)11-34(14-37)20-58)7-5-9-43(31)44-10-6-8-40(32(44)2)28-74-50-46(56)18-42(24-62-54(4,30-66)52(69)70)48(64-50)72-26-38-15-35(21-59)12-36(16-38)22-60/h5-18,61-62,65-66H,23-30H2,1-4H3,(H,67,68)(H,69,70)/t53-,54-/m0/s1. The molecule has 0 aliphatic carbocycles. The van der Waals surface area contributed by atoms with Crippen molar-refractivity contribution < 1.29 is 49.0 Å². The number of nitrogens with one attached hydrogen (secondary N) is 2. The Morgan fingerprint density at radius 3 is 1.19 bits per heavy atom. The van der Waals surface area contributed by atoms with Gasteiger partial charge in [-0.3, -0.25) is 20.2 Å². The van der Waals surface area contributed by atoms with Crippen LogP contribution in [-0.2, 0) is 49.1 Å². The minimum absolute atomic E-state index is 0.00699. The van der Waals surface area contributed by atoms with Gasteiger partial charge in [0.2, 0.25) is 23.5 Å². The van der Waals surface area contributed by atoms with Gasteiger partial charge in [0, 0.05) is 24.2 Å². The first kappa shape index (κ1) is 55.0. The molecule has 6 aromatic rings. The van der Waals surface area contributed by atoms with Gasteiger partial charge < -0.3 is 39.4 Å². The number of carboxylic acid groups (broad SMARTS) is 2. The number of carboxylic acids is 2. The Kier molecular flexibility index (Phi) is 18.2. The number of halogens is 2. The van der Waals surface area contributed by atoms with Crippen molar-refractivity contribution in [3.8, 4) is 58.9 Å². The predicted octanol–water partition coefficient (Wildman–Crippen LogP) is 7.72. The number of nitriles is 4. The van der Waals surface area contributed by atoms with Crippen LogP contribution in [0.2, 0.25) is 10.0 Å². The summed E-state index contributed by atoms with van der Waals surface area (Å²) in [5, 5.41) is 83.0. The molecule has 2 aromatic heterocycles. The Labute approximate surface area is 436 Å². The van der Waals surface area contributed by atoms with Crippen molar-refractivity contribution in [2.24, 2.45) is 0 Å². The van der Waals surface area contributed by atoms with E-state index in [4.69, 9.17) is 42.1 Å². The number of rotatable bonds is 23. The molecule has 0 fully saturated rings. The fourth-order valence-electron chi connectivity index (χ4n) is 7.34. The van der Waals surface area contributed by atoms with Gasteiger partial charge in [-0.15, -0.1) is 0 Å². The van der Waals surface area contributed by atoms with Crippen LogP contribution < -0.4 is 29.6 Å². The second-order valence-corrected chi connectivity index (χ2v) is 18.2. The molecule has 6 N–H and O–H groups in total. The third-order valence-corrected chi connectivity index (χ3v) is 12.6. The number of benzene rings is 4. The molecule has 2 heterocycles. The summed E-state index contributed by atoms with van der Waals surface area (Å²) in [7, 11) is 0. The Bertz CT molecular complexity index is 3010. The van der Waals surface area contributed by atoms with Crippen LogP contribution in [0, 0.1) is 59.2 Å². The molecule has 0 unspecified atom stereocenters. The van der Waals surface area contributed by atoms with Crippen LogP contribution in [0.4, 0.5) is 0 Å². The van der Waals surface area contributed by atoms with Crippen molar-refractivity contribution in [3.63, 3.8) is 0 Å². The lowest BCUT2D eigenvalue weighted by molar-refractivity contribution is -0.146. The van der Waals surface area contributed by atoms with E-state index in [1.165, 1.54) is 38.1 Å². The average Bonchev–Trinajstić information content (AvgIpc) is 3.40. The van der Waals surface area contributed by atoms with Crippen LogP contribution in [0.1, 0.15) is 80.6 Å². The number of aromatic nitrogens is 2. The van der Waals surface area contributed by atoms with E-state index in [9.17, 15) is 51.1 Å². The highest BCUT2D eigenvalue weighted by molar-refractivity contribution is 6.32. The van der Waals surface area contributed by atoms with E-state index >= 15 is 0 Å². The largest absolute Gasteiger partial charge is 0.480 e. The molecule has 20 heteroatoms. The van der Waals surface area contributed by atoms with Crippen molar-refractivity contribution >= 4 is 35.1 Å². The topological polar surface area (TPSA) is 297 Å². The molecular formula is C54H48Cl2N8O10. The molecule has 378 valence electrons. The maximum absolute atomic E-state index is 11.9. The summed E-state index contributed by atoms with van der Waals surface area (Å²) in [4.78, 5) is 33.0. The first-order valence-corrected chi connectivity index (χ1v) is 23.3. The number of carbonyl (C=O) groups is 2. The maximum atomic E-state index is 11.9. The lowest BCUT2D eigenvalue weighted by atomic mass is 9.92. The van der Waals surface area contributed by atoms with Crippen molar-refractivity contribution in [2.45, 2.75) is 78.3 Å². The van der Waals surface area contributed by atoms with Gasteiger partial charge >= 0.3 is 11.9 Å². The van der Waals surface area contributed by atoms with Gasteiger partial charge in [-0.1, -0.05) is 59.6 Å². The summed E-state index contributed by atoms with van der Waals surface area (Å²) in [6.07, 6.45) is 0. The first-order valence-electron chi connectivity index (χ1n) is 22.5. The molecule has 4 aromatic carbocycles. The van der Waals surface area contributed by atoms with Crippen LogP contribution in [0.5, 0.6) is 23.5 Å². The number of aliphatic hydroxyl groups is 2. The minimum atomic E-state index is -1.71. The highest BCUT2D eigenvalue weighted by Gasteiger charge is 2.33. The molecule has 0 amide bonds. The van der Waals surface area contributed by atoms with E-state index in [2.05, 4.69) is 20.6 Å². The van der Waals surface area contributed by atoms with Gasteiger partial charge in [-0.25, -0.2) is 0 Å². The molecule has 2 atom stereocenters. The Morgan fingerprint density at radius 1 is 0.541 bits per heavy atom. The van der Waals surface area contributed by atoms with Crippen molar-refractivity contribution in [1.82, 2.24) is 20.6 Å². The van der Waals surface area contributed by atoms with Crippen LogP contribution >= 0.6 is 23.2 Å². The lowest BCUT2D eigenvalue weighted by Gasteiger charge is -2.24. The van der Waals surface area contributed by atoms with E-state index in [1.54, 1.807) is 24.3 Å². The molecule has 18 nitrogen and oxygen atoms in total. The summed E-state index contributed by atoms with van der Waals surface area (Å²) in [5.41, 5.74) is 4.40. The Balaban J connectivity index is 1.24. The van der Waals surface area contributed by atoms with Gasteiger partial charge in [0.25, 0.3) is 0 Å². The normalized spacial score (nSPS) is 12.4. The summed E-state index contributed by atoms with van der Waals surface area (Å²) < 4.78 is 24.6. The predicted molar refractivity (Wildman–Crippen MR) is 269 cm³/mol. The number of aliphatic hydroxyl groups excluding tert-OH is 2. The molecule has 0 spiro atoms. The maximum Gasteiger partial charge on any atom is 0.326 e. The third-order valence-electron chi connectivity index (χ3n) is 12.0. The number of aliphatic carboxylic acids is 2. The molecule has 0 saturated heterocycles. The quantitative estimate of drug-likeness (QED) is 0.0358. The third kappa shape index (κ3) is 13.2. The van der Waals surface area contributed by atoms with E-state index in [1.807, 2.05) is 74.5 Å². The highest BCUT2D eigenvalue weighted by atomic mass is 35.5. The highest BCUT2D eigenvalue weighted by Crippen LogP contribution is 2.35. The zero-order chi connectivity index (χ0) is 53.7. The molecule has 0 radical (unpaired) electrons. The van der Waals surface area contributed by atoms with E-state index in [0.29, 0.717) is 22.3 Å². The summed E-state index contributed by atoms with van der Waals surface area (Å²) in [6, 6.07) is 31.7. The molecule has 0 saturated carbocycles. The molecule has 0 aliphatic rings. The van der Waals surface area contributed by atoms with E-state index in [0.717, 1.165) is 33.4 Å². The van der Waals surface area contributed by atoms with Crippen LogP contribution in [0.25, 0.3) is 11.1 Å². The van der Waals surface area contributed by atoms with Gasteiger partial charge in [0.15, 0.2) is 0 Å². The number of nitrogens with zero attached hydrogens (tertiary/aromatic N) is 6. The van der Waals surface area contributed by atoms with E-state index in [-0.39, 0.29) is 95.3 Å². The van der Waals surface area contributed by atoms with Crippen molar-refractivity contribution in [3.05, 3.63) is 162 Å². The number of ether oxygens (including phenoxy) is 4.